The second-order valence-corrected chi connectivity index (χ2v) is 9.23. The van der Waals surface area contributed by atoms with E-state index in [9.17, 15) is 10.2 Å². The van der Waals surface area contributed by atoms with Crippen LogP contribution in [0.25, 0.3) is 0 Å². The van der Waals surface area contributed by atoms with Gasteiger partial charge in [-0.25, -0.2) is 0 Å². The normalized spacial score (nSPS) is 42.2. The van der Waals surface area contributed by atoms with Crippen molar-refractivity contribution in [2.45, 2.75) is 84.8 Å². The van der Waals surface area contributed by atoms with E-state index < -0.39 is 11.7 Å². The van der Waals surface area contributed by atoms with Crippen LogP contribution in [0.5, 0.6) is 0 Å². The molecule has 3 N–H and O–H groups in total. The fourth-order valence-electron chi connectivity index (χ4n) is 5.84. The van der Waals surface area contributed by atoms with Crippen molar-refractivity contribution in [2.24, 2.45) is 22.7 Å². The van der Waals surface area contributed by atoms with Crippen LogP contribution in [-0.2, 0) is 0 Å². The zero-order chi connectivity index (χ0) is 17.5. The molecule has 5 unspecified atom stereocenters. The van der Waals surface area contributed by atoms with E-state index in [1.54, 1.807) is 6.08 Å². The van der Waals surface area contributed by atoms with Gasteiger partial charge in [-0.05, 0) is 74.2 Å². The molecule has 0 aliphatic heterocycles. The summed E-state index contributed by atoms with van der Waals surface area (Å²) in [5.74, 6) is 0.689. The van der Waals surface area contributed by atoms with Crippen LogP contribution in [0.4, 0.5) is 0 Å². The predicted octanol–water partition coefficient (Wildman–Crippen LogP) is 3.67. The Hall–Kier alpha value is -0.380. The molecule has 134 valence electrons. The summed E-state index contributed by atoms with van der Waals surface area (Å²) in [5, 5.41) is 30.7. The molecule has 2 rings (SSSR count). The molecule has 5 atom stereocenters. The topological polar surface area (TPSA) is 60.7 Å². The van der Waals surface area contributed by atoms with Gasteiger partial charge in [0.15, 0.2) is 0 Å². The van der Waals surface area contributed by atoms with Crippen LogP contribution in [0, 0.1) is 22.7 Å². The van der Waals surface area contributed by atoms with E-state index in [0.29, 0.717) is 17.8 Å². The minimum absolute atomic E-state index is 0.0448. The second-order valence-electron chi connectivity index (χ2n) is 9.23. The molecule has 0 radical (unpaired) electrons. The molecular weight excluding hydrogens is 288 g/mol. The molecule has 23 heavy (non-hydrogen) atoms. The second kappa shape index (κ2) is 6.50. The average molecular weight is 325 g/mol. The van der Waals surface area contributed by atoms with Gasteiger partial charge in [-0.3, -0.25) is 0 Å². The minimum atomic E-state index is -0.723. The molecule has 3 heteroatoms. The summed E-state index contributed by atoms with van der Waals surface area (Å²) in [4.78, 5) is 0. The minimum Gasteiger partial charge on any atom is -0.392 e. The highest BCUT2D eigenvalue weighted by Crippen LogP contribution is 2.62. The van der Waals surface area contributed by atoms with E-state index in [4.69, 9.17) is 5.11 Å². The first-order chi connectivity index (χ1) is 10.5. The summed E-state index contributed by atoms with van der Waals surface area (Å²) in [6, 6.07) is 0. The maximum absolute atomic E-state index is 11.1. The van der Waals surface area contributed by atoms with Crippen molar-refractivity contribution in [2.75, 3.05) is 6.61 Å². The first-order valence-electron chi connectivity index (χ1n) is 9.22. The highest BCUT2D eigenvalue weighted by atomic mass is 16.3. The third kappa shape index (κ3) is 3.52. The molecule has 2 aliphatic rings. The van der Waals surface area contributed by atoms with Gasteiger partial charge in [0, 0.05) is 0 Å². The smallest absolute Gasteiger partial charge is 0.0752 e. The van der Waals surface area contributed by atoms with Gasteiger partial charge in [0.2, 0.25) is 0 Å². The first kappa shape index (κ1) is 19.0. The maximum atomic E-state index is 11.1. The number of hydrogen-bond donors (Lipinski definition) is 3. The van der Waals surface area contributed by atoms with Crippen LogP contribution in [0.2, 0.25) is 0 Å². The molecule has 0 aromatic rings. The van der Waals surface area contributed by atoms with Gasteiger partial charge < -0.3 is 15.3 Å². The van der Waals surface area contributed by atoms with Crippen molar-refractivity contribution >= 4 is 0 Å². The molecule has 0 heterocycles. The molecule has 0 amide bonds. The molecule has 3 nitrogen and oxygen atoms in total. The molecule has 0 spiro atoms. The third-order valence-electron chi connectivity index (χ3n) is 7.16. The van der Waals surface area contributed by atoms with Crippen LogP contribution in [0.15, 0.2) is 11.6 Å². The molecule has 0 aromatic heterocycles. The van der Waals surface area contributed by atoms with Gasteiger partial charge in [0.25, 0.3) is 0 Å². The SMILES string of the molecule is CC(=CCO)C(O)CC1C(C)(O)CCC2C(C)(C)CCCC21C. The van der Waals surface area contributed by atoms with Gasteiger partial charge in [-0.2, -0.15) is 0 Å². The quantitative estimate of drug-likeness (QED) is 0.692. The summed E-state index contributed by atoms with van der Waals surface area (Å²) in [6.07, 6.45) is 7.16. The van der Waals surface area contributed by atoms with Gasteiger partial charge in [0.1, 0.15) is 0 Å². The van der Waals surface area contributed by atoms with Gasteiger partial charge >= 0.3 is 0 Å². The average Bonchev–Trinajstić information content (AvgIpc) is 2.41. The summed E-state index contributed by atoms with van der Waals surface area (Å²) in [6.45, 7) is 10.9. The number of hydrogen-bond acceptors (Lipinski definition) is 3. The molecule has 0 bridgehead atoms. The number of rotatable bonds is 4. The monoisotopic (exact) mass is 324 g/mol. The van der Waals surface area contributed by atoms with Crippen molar-refractivity contribution in [3.8, 4) is 0 Å². The molecular formula is C20H36O3. The van der Waals surface area contributed by atoms with Crippen molar-refractivity contribution in [1.29, 1.82) is 0 Å². The molecule has 0 aromatic carbocycles. The number of aliphatic hydroxyl groups is 3. The van der Waals surface area contributed by atoms with Crippen molar-refractivity contribution in [3.63, 3.8) is 0 Å². The van der Waals surface area contributed by atoms with E-state index in [-0.39, 0.29) is 17.9 Å². The maximum Gasteiger partial charge on any atom is 0.0752 e. The lowest BCUT2D eigenvalue weighted by Crippen LogP contribution is -2.58. The summed E-state index contributed by atoms with van der Waals surface area (Å²) in [7, 11) is 0. The Kier molecular flexibility index (Phi) is 5.35. The third-order valence-corrected chi connectivity index (χ3v) is 7.16. The Balaban J connectivity index is 2.31. The van der Waals surface area contributed by atoms with E-state index in [1.165, 1.54) is 12.8 Å². The molecule has 2 fully saturated rings. The van der Waals surface area contributed by atoms with Gasteiger partial charge in [0.05, 0.1) is 18.3 Å². The van der Waals surface area contributed by atoms with Crippen LogP contribution in [-0.4, -0.2) is 33.6 Å². The van der Waals surface area contributed by atoms with Crippen LogP contribution < -0.4 is 0 Å². The van der Waals surface area contributed by atoms with E-state index >= 15 is 0 Å². The Morgan fingerprint density at radius 3 is 2.43 bits per heavy atom. The Labute approximate surface area is 141 Å². The van der Waals surface area contributed by atoms with Crippen LogP contribution in [0.3, 0.4) is 0 Å². The van der Waals surface area contributed by atoms with E-state index in [2.05, 4.69) is 20.8 Å². The Morgan fingerprint density at radius 1 is 1.17 bits per heavy atom. The van der Waals surface area contributed by atoms with E-state index in [1.807, 2.05) is 13.8 Å². The van der Waals surface area contributed by atoms with Gasteiger partial charge in [-0.15, -0.1) is 0 Å². The fraction of sp³-hybridized carbons (Fsp3) is 0.900. The lowest BCUT2D eigenvalue weighted by atomic mass is 9.45. The first-order valence-corrected chi connectivity index (χ1v) is 9.22. The number of fused-ring (bicyclic) bond motifs is 1. The van der Waals surface area contributed by atoms with Crippen LogP contribution in [0.1, 0.15) is 73.1 Å². The van der Waals surface area contributed by atoms with E-state index in [0.717, 1.165) is 24.8 Å². The number of aliphatic hydroxyl groups excluding tert-OH is 2. The zero-order valence-electron chi connectivity index (χ0n) is 15.6. The highest BCUT2D eigenvalue weighted by molar-refractivity contribution is 5.11. The Morgan fingerprint density at radius 2 is 1.83 bits per heavy atom. The van der Waals surface area contributed by atoms with Crippen LogP contribution >= 0.6 is 0 Å². The summed E-state index contributed by atoms with van der Waals surface area (Å²) in [5.41, 5.74) is 0.468. The lowest BCUT2D eigenvalue weighted by Gasteiger charge is -2.61. The lowest BCUT2D eigenvalue weighted by molar-refractivity contribution is -0.174. The standard InChI is InChI=1S/C20H36O3/c1-14(8-12-21)15(22)13-17-19(4)10-6-9-18(2,3)16(19)7-11-20(17,5)23/h8,15-17,21-23H,6-7,9-13H2,1-5H3. The largest absolute Gasteiger partial charge is 0.392 e. The summed E-state index contributed by atoms with van der Waals surface area (Å²) < 4.78 is 0. The zero-order valence-corrected chi connectivity index (χ0v) is 15.6. The highest BCUT2D eigenvalue weighted by Gasteiger charge is 2.58. The molecule has 0 saturated heterocycles. The molecule has 2 aliphatic carbocycles. The van der Waals surface area contributed by atoms with Crippen molar-refractivity contribution in [1.82, 2.24) is 0 Å². The van der Waals surface area contributed by atoms with Crippen molar-refractivity contribution in [3.05, 3.63) is 11.6 Å². The fourth-order valence-corrected chi connectivity index (χ4v) is 5.84. The Bertz CT molecular complexity index is 452. The van der Waals surface area contributed by atoms with Crippen molar-refractivity contribution < 1.29 is 15.3 Å². The van der Waals surface area contributed by atoms with Gasteiger partial charge in [-0.1, -0.05) is 33.3 Å². The molecule has 2 saturated carbocycles. The summed E-state index contributed by atoms with van der Waals surface area (Å²) >= 11 is 0. The predicted molar refractivity (Wildman–Crippen MR) is 94.0 cm³/mol.